The van der Waals surface area contributed by atoms with Gasteiger partial charge in [-0.1, -0.05) is 12.1 Å². The molecule has 1 spiro atoms. The number of benzene rings is 1. The maximum Gasteiger partial charge on any atom is 0.317 e. The molecular weight excluding hydrogens is 318 g/mol. The number of H-pyrrole nitrogens is 1. The Balaban J connectivity index is 1.35. The van der Waals surface area contributed by atoms with Gasteiger partial charge in [0.05, 0.1) is 19.3 Å². The van der Waals surface area contributed by atoms with E-state index in [1.165, 1.54) is 10.9 Å². The molecule has 2 fully saturated rings. The Labute approximate surface area is 147 Å². The molecule has 0 unspecified atom stereocenters. The van der Waals surface area contributed by atoms with Crippen LogP contribution in [0.3, 0.4) is 0 Å². The first-order chi connectivity index (χ1) is 12.2. The fourth-order valence-corrected chi connectivity index (χ4v) is 3.97. The number of nitrogens with one attached hydrogen (secondary N) is 2. The number of amides is 2. The predicted molar refractivity (Wildman–Crippen MR) is 95.7 cm³/mol. The molecule has 2 amide bonds. The summed E-state index contributed by atoms with van der Waals surface area (Å²) in [6, 6.07) is 8.30. The molecule has 134 valence electrons. The lowest BCUT2D eigenvalue weighted by atomic mass is 9.99. The Hall–Kier alpha value is -2.05. The van der Waals surface area contributed by atoms with E-state index in [0.29, 0.717) is 32.8 Å². The van der Waals surface area contributed by atoms with Gasteiger partial charge in [-0.2, -0.15) is 0 Å². The van der Waals surface area contributed by atoms with Gasteiger partial charge in [-0.15, -0.1) is 0 Å². The van der Waals surface area contributed by atoms with Crippen molar-refractivity contribution in [2.75, 3.05) is 32.8 Å². The smallest absolute Gasteiger partial charge is 0.317 e. The van der Waals surface area contributed by atoms with Gasteiger partial charge >= 0.3 is 6.03 Å². The zero-order valence-electron chi connectivity index (χ0n) is 14.6. The summed E-state index contributed by atoms with van der Waals surface area (Å²) in [5, 5.41) is 4.29. The Morgan fingerprint density at radius 3 is 3.20 bits per heavy atom. The molecule has 25 heavy (non-hydrogen) atoms. The molecule has 6 heteroatoms. The summed E-state index contributed by atoms with van der Waals surface area (Å²) in [6.45, 7) is 5.17. The Kier molecular flexibility index (Phi) is 4.39. The number of nitrogens with zero attached hydrogens (tertiary/aromatic N) is 1. The monoisotopic (exact) mass is 343 g/mol. The molecule has 2 aliphatic rings. The molecule has 0 saturated carbocycles. The van der Waals surface area contributed by atoms with Crippen molar-refractivity contribution in [3.05, 3.63) is 36.0 Å². The van der Waals surface area contributed by atoms with Gasteiger partial charge in [0.25, 0.3) is 0 Å². The van der Waals surface area contributed by atoms with Crippen LogP contribution < -0.4 is 5.32 Å². The molecule has 0 radical (unpaired) electrons. The minimum Gasteiger partial charge on any atom is -0.378 e. The minimum absolute atomic E-state index is 0.0114. The maximum atomic E-state index is 12.6. The van der Waals surface area contributed by atoms with Crippen molar-refractivity contribution in [1.29, 1.82) is 0 Å². The number of hydrogen-bond donors (Lipinski definition) is 2. The van der Waals surface area contributed by atoms with E-state index in [1.54, 1.807) is 0 Å². The molecule has 1 aromatic carbocycles. The van der Waals surface area contributed by atoms with Crippen LogP contribution in [0, 0.1) is 0 Å². The van der Waals surface area contributed by atoms with Gasteiger partial charge in [-0.25, -0.2) is 4.79 Å². The number of ether oxygens (including phenoxy) is 2. The van der Waals surface area contributed by atoms with Crippen molar-refractivity contribution >= 4 is 16.9 Å². The highest BCUT2D eigenvalue weighted by atomic mass is 16.6. The standard InChI is InChI=1S/C19H25N3O3/c1-14-11-22(12-19(25-14)7-10-24-13-19)18(23)21-8-5-15-3-2-4-17-16(15)6-9-20-17/h2-4,6,9,14,20H,5,7-8,10-13H2,1H3,(H,21,23)/t14-,19+/m0/s1. The molecule has 1 aromatic heterocycles. The Morgan fingerprint density at radius 2 is 2.36 bits per heavy atom. The Bertz CT molecular complexity index is 751. The van der Waals surface area contributed by atoms with Crippen molar-refractivity contribution in [1.82, 2.24) is 15.2 Å². The van der Waals surface area contributed by atoms with Gasteiger partial charge in [0.2, 0.25) is 0 Å². The first kappa shape index (κ1) is 16.4. The predicted octanol–water partition coefficient (Wildman–Crippen LogP) is 2.30. The van der Waals surface area contributed by atoms with Gasteiger partial charge in [-0.3, -0.25) is 0 Å². The fraction of sp³-hybridized carbons (Fsp3) is 0.526. The van der Waals surface area contributed by atoms with Gasteiger partial charge in [-0.05, 0) is 31.0 Å². The Morgan fingerprint density at radius 1 is 1.44 bits per heavy atom. The van der Waals surface area contributed by atoms with Crippen LogP contribution in [0.15, 0.2) is 30.5 Å². The van der Waals surface area contributed by atoms with E-state index in [2.05, 4.69) is 28.5 Å². The van der Waals surface area contributed by atoms with E-state index in [0.717, 1.165) is 18.4 Å². The largest absolute Gasteiger partial charge is 0.378 e. The number of fused-ring (bicyclic) bond motifs is 1. The average Bonchev–Trinajstić information content (AvgIpc) is 3.24. The van der Waals surface area contributed by atoms with Crippen LogP contribution >= 0.6 is 0 Å². The van der Waals surface area contributed by atoms with Crippen LogP contribution in [0.4, 0.5) is 4.79 Å². The van der Waals surface area contributed by atoms with Crippen LogP contribution in [0.2, 0.25) is 0 Å². The number of morpholine rings is 1. The van der Waals surface area contributed by atoms with Crippen molar-refractivity contribution in [2.24, 2.45) is 0 Å². The number of aromatic amines is 1. The second-order valence-electron chi connectivity index (χ2n) is 7.13. The molecule has 4 rings (SSSR count). The SMILES string of the molecule is C[C@H]1CN(C(=O)NCCc2cccc3[nH]ccc23)C[C@@]2(CCOC2)O1. The lowest BCUT2D eigenvalue weighted by Crippen LogP contribution is -2.59. The highest BCUT2D eigenvalue weighted by Gasteiger charge is 2.43. The quantitative estimate of drug-likeness (QED) is 0.899. The van der Waals surface area contributed by atoms with E-state index in [1.807, 2.05) is 24.1 Å². The number of carbonyl (C=O) groups excluding carboxylic acids is 1. The third-order valence-electron chi connectivity index (χ3n) is 5.12. The number of rotatable bonds is 3. The summed E-state index contributed by atoms with van der Waals surface area (Å²) in [7, 11) is 0. The summed E-state index contributed by atoms with van der Waals surface area (Å²) in [5.74, 6) is 0. The van der Waals surface area contributed by atoms with Gasteiger partial charge in [0.15, 0.2) is 0 Å². The van der Waals surface area contributed by atoms with Crippen LogP contribution in [-0.4, -0.2) is 60.5 Å². The van der Waals surface area contributed by atoms with Gasteiger partial charge in [0.1, 0.15) is 5.60 Å². The molecular formula is C19H25N3O3. The maximum absolute atomic E-state index is 12.6. The van der Waals surface area contributed by atoms with Crippen molar-refractivity contribution < 1.29 is 14.3 Å². The lowest BCUT2D eigenvalue weighted by Gasteiger charge is -2.42. The number of hydrogen-bond acceptors (Lipinski definition) is 3. The molecule has 2 aliphatic heterocycles. The third-order valence-corrected chi connectivity index (χ3v) is 5.12. The zero-order chi connectivity index (χ0) is 17.3. The van der Waals surface area contributed by atoms with Crippen molar-refractivity contribution in [3.63, 3.8) is 0 Å². The summed E-state index contributed by atoms with van der Waals surface area (Å²) >= 11 is 0. The normalized spacial score (nSPS) is 26.4. The molecule has 2 atom stereocenters. The number of aromatic nitrogens is 1. The highest BCUT2D eigenvalue weighted by Crippen LogP contribution is 2.30. The van der Waals surface area contributed by atoms with Crippen LogP contribution in [0.25, 0.3) is 10.9 Å². The van der Waals surface area contributed by atoms with E-state index in [-0.39, 0.29) is 17.7 Å². The first-order valence-electron chi connectivity index (χ1n) is 8.99. The van der Waals surface area contributed by atoms with E-state index in [4.69, 9.17) is 9.47 Å². The molecule has 3 heterocycles. The molecule has 2 aromatic rings. The van der Waals surface area contributed by atoms with E-state index in [9.17, 15) is 4.79 Å². The summed E-state index contributed by atoms with van der Waals surface area (Å²) in [5.41, 5.74) is 2.06. The first-order valence-corrected chi connectivity index (χ1v) is 8.99. The molecule has 2 N–H and O–H groups in total. The summed E-state index contributed by atoms with van der Waals surface area (Å²) in [6.07, 6.45) is 3.66. The highest BCUT2D eigenvalue weighted by molar-refractivity contribution is 5.83. The number of urea groups is 1. The van der Waals surface area contributed by atoms with Crippen LogP contribution in [0.1, 0.15) is 18.9 Å². The number of carbonyl (C=O) groups is 1. The van der Waals surface area contributed by atoms with Crippen LogP contribution in [-0.2, 0) is 15.9 Å². The zero-order valence-corrected chi connectivity index (χ0v) is 14.6. The van der Waals surface area contributed by atoms with Gasteiger partial charge in [0, 0.05) is 43.2 Å². The second-order valence-corrected chi connectivity index (χ2v) is 7.13. The summed E-state index contributed by atoms with van der Waals surface area (Å²) in [4.78, 5) is 17.7. The molecule has 0 bridgehead atoms. The summed E-state index contributed by atoms with van der Waals surface area (Å²) < 4.78 is 11.6. The molecule has 2 saturated heterocycles. The topological polar surface area (TPSA) is 66.6 Å². The lowest BCUT2D eigenvalue weighted by molar-refractivity contribution is -0.137. The van der Waals surface area contributed by atoms with Crippen LogP contribution in [0.5, 0.6) is 0 Å². The van der Waals surface area contributed by atoms with Gasteiger partial charge < -0.3 is 24.7 Å². The fourth-order valence-electron chi connectivity index (χ4n) is 3.97. The average molecular weight is 343 g/mol. The van der Waals surface area contributed by atoms with E-state index < -0.39 is 0 Å². The van der Waals surface area contributed by atoms with Crippen molar-refractivity contribution in [2.45, 2.75) is 31.5 Å². The van der Waals surface area contributed by atoms with E-state index >= 15 is 0 Å². The molecule has 6 nitrogen and oxygen atoms in total. The van der Waals surface area contributed by atoms with Crippen molar-refractivity contribution in [3.8, 4) is 0 Å². The second kappa shape index (κ2) is 6.69. The molecule has 0 aliphatic carbocycles. The third kappa shape index (κ3) is 3.37. The minimum atomic E-state index is -0.314.